The molecule has 4 N–H and O–H groups in total. The van der Waals surface area contributed by atoms with Gasteiger partial charge in [-0.1, -0.05) is 24.3 Å². The van der Waals surface area contributed by atoms with Crippen LogP contribution in [0.4, 0.5) is 0 Å². The van der Waals surface area contributed by atoms with Crippen LogP contribution in [0.25, 0.3) is 0 Å². The van der Waals surface area contributed by atoms with Gasteiger partial charge >= 0.3 is 5.97 Å². The average molecular weight is 340 g/mol. The topological polar surface area (TPSA) is 106 Å². The van der Waals surface area contributed by atoms with Crippen molar-refractivity contribution >= 4 is 11.8 Å². The Bertz CT molecular complexity index is 787. The fourth-order valence-corrected chi connectivity index (χ4v) is 2.85. The number of rotatable bonds is 6. The number of hydrogen-bond acceptors (Lipinski definition) is 4. The Morgan fingerprint density at radius 2 is 2.04 bits per heavy atom. The lowest BCUT2D eigenvalue weighted by molar-refractivity contribution is -0.138. The summed E-state index contributed by atoms with van der Waals surface area (Å²) in [4.78, 5) is 10.9. The number of nitrogens with two attached hydrogens (primary N) is 1. The lowest BCUT2D eigenvalue weighted by Gasteiger charge is -2.24. The Morgan fingerprint density at radius 3 is 2.72 bits per heavy atom. The van der Waals surface area contributed by atoms with Crippen molar-refractivity contribution in [1.82, 2.24) is 0 Å². The molecule has 0 aromatic heterocycles. The molecule has 0 amide bonds. The summed E-state index contributed by atoms with van der Waals surface area (Å²) < 4.78 is 11.5. The first kappa shape index (κ1) is 16.8. The number of carboxylic acids is 1. The van der Waals surface area contributed by atoms with Crippen molar-refractivity contribution in [3.63, 3.8) is 0 Å². The van der Waals surface area contributed by atoms with Gasteiger partial charge in [0.25, 0.3) is 0 Å². The molecule has 0 saturated heterocycles. The molecular formula is C19H20N2O4. The summed E-state index contributed by atoms with van der Waals surface area (Å²) in [5.41, 5.74) is 8.07. The first-order valence-corrected chi connectivity index (χ1v) is 8.05. The minimum atomic E-state index is -0.807. The second-order valence-corrected chi connectivity index (χ2v) is 6.15. The zero-order valence-electron chi connectivity index (χ0n) is 13.7. The van der Waals surface area contributed by atoms with Crippen LogP contribution in [0.2, 0.25) is 0 Å². The van der Waals surface area contributed by atoms with Gasteiger partial charge in [-0.25, -0.2) is 0 Å². The number of carbonyl (C=O) groups is 1. The number of benzene rings is 2. The number of carboxylic acid groups (broad SMARTS) is 1. The third kappa shape index (κ3) is 4.29. The quantitative estimate of drug-likeness (QED) is 0.553. The van der Waals surface area contributed by atoms with Crippen LogP contribution in [0, 0.1) is 11.3 Å². The molecule has 1 unspecified atom stereocenters. The Balaban J connectivity index is 1.64. The molecule has 25 heavy (non-hydrogen) atoms. The molecule has 1 heterocycles. The van der Waals surface area contributed by atoms with Crippen LogP contribution in [0.1, 0.15) is 23.1 Å². The van der Waals surface area contributed by atoms with E-state index in [0.717, 1.165) is 16.9 Å². The Hall–Kier alpha value is -3.02. The fraction of sp³-hybridized carbons (Fsp3) is 0.263. The normalized spacial score (nSPS) is 15.8. The van der Waals surface area contributed by atoms with Crippen LogP contribution in [0.15, 0.2) is 42.5 Å². The molecule has 1 aliphatic rings. The zero-order chi connectivity index (χ0) is 17.8. The SMILES string of the molecule is N=C(N)c1ccc(COc2ccc3c(c2)CC(CC(=O)O)CO3)cc1. The molecule has 0 spiro atoms. The van der Waals surface area contributed by atoms with Crippen molar-refractivity contribution in [2.75, 3.05) is 6.61 Å². The smallest absolute Gasteiger partial charge is 0.303 e. The molecule has 2 aromatic rings. The largest absolute Gasteiger partial charge is 0.493 e. The van der Waals surface area contributed by atoms with Gasteiger partial charge in [-0.2, -0.15) is 0 Å². The lowest BCUT2D eigenvalue weighted by atomic mass is 9.94. The van der Waals surface area contributed by atoms with Gasteiger partial charge in [-0.15, -0.1) is 0 Å². The van der Waals surface area contributed by atoms with Gasteiger partial charge in [0, 0.05) is 11.5 Å². The summed E-state index contributed by atoms with van der Waals surface area (Å²) in [5, 5.41) is 16.3. The molecule has 0 fully saturated rings. The van der Waals surface area contributed by atoms with Crippen molar-refractivity contribution in [2.24, 2.45) is 11.7 Å². The van der Waals surface area contributed by atoms with Gasteiger partial charge < -0.3 is 20.3 Å². The fourth-order valence-electron chi connectivity index (χ4n) is 2.85. The summed E-state index contributed by atoms with van der Waals surface area (Å²) in [7, 11) is 0. The van der Waals surface area contributed by atoms with E-state index in [-0.39, 0.29) is 18.2 Å². The molecule has 0 saturated carbocycles. The molecule has 0 aliphatic carbocycles. The van der Waals surface area contributed by atoms with Crippen molar-refractivity contribution in [2.45, 2.75) is 19.4 Å². The summed E-state index contributed by atoms with van der Waals surface area (Å²) in [6, 6.07) is 13.0. The Morgan fingerprint density at radius 1 is 1.28 bits per heavy atom. The van der Waals surface area contributed by atoms with E-state index in [1.54, 1.807) is 12.1 Å². The van der Waals surface area contributed by atoms with Crippen molar-refractivity contribution in [3.8, 4) is 11.5 Å². The van der Waals surface area contributed by atoms with E-state index in [0.29, 0.717) is 30.9 Å². The van der Waals surface area contributed by atoms with E-state index in [2.05, 4.69) is 0 Å². The van der Waals surface area contributed by atoms with Crippen LogP contribution < -0.4 is 15.2 Å². The summed E-state index contributed by atoms with van der Waals surface area (Å²) in [6.07, 6.45) is 0.777. The predicted molar refractivity (Wildman–Crippen MR) is 93.2 cm³/mol. The zero-order valence-corrected chi connectivity index (χ0v) is 13.7. The van der Waals surface area contributed by atoms with E-state index < -0.39 is 5.97 Å². The number of ether oxygens (including phenoxy) is 2. The number of nitrogen functional groups attached to an aromatic ring is 1. The summed E-state index contributed by atoms with van der Waals surface area (Å²) in [5.74, 6) is 0.727. The highest BCUT2D eigenvalue weighted by atomic mass is 16.5. The third-order valence-corrected chi connectivity index (χ3v) is 4.15. The number of fused-ring (bicyclic) bond motifs is 1. The first-order chi connectivity index (χ1) is 12.0. The van der Waals surface area contributed by atoms with Gasteiger partial charge in [-0.05, 0) is 35.7 Å². The van der Waals surface area contributed by atoms with E-state index in [1.807, 2.05) is 30.3 Å². The van der Waals surface area contributed by atoms with Gasteiger partial charge in [0.15, 0.2) is 0 Å². The minimum Gasteiger partial charge on any atom is -0.493 e. The molecule has 3 rings (SSSR count). The summed E-state index contributed by atoms with van der Waals surface area (Å²) >= 11 is 0. The van der Waals surface area contributed by atoms with E-state index in [4.69, 9.17) is 25.7 Å². The highest BCUT2D eigenvalue weighted by Crippen LogP contribution is 2.32. The van der Waals surface area contributed by atoms with Gasteiger partial charge in [0.1, 0.15) is 23.9 Å². The van der Waals surface area contributed by atoms with Crippen LogP contribution >= 0.6 is 0 Å². The highest BCUT2D eigenvalue weighted by Gasteiger charge is 2.22. The van der Waals surface area contributed by atoms with Gasteiger partial charge in [0.05, 0.1) is 13.0 Å². The third-order valence-electron chi connectivity index (χ3n) is 4.15. The summed E-state index contributed by atoms with van der Waals surface area (Å²) in [6.45, 7) is 0.832. The molecule has 1 atom stereocenters. The molecular weight excluding hydrogens is 320 g/mol. The van der Waals surface area contributed by atoms with Crippen LogP contribution in [0.5, 0.6) is 11.5 Å². The number of amidine groups is 1. The maximum Gasteiger partial charge on any atom is 0.303 e. The Kier molecular flexibility index (Phi) is 4.88. The van der Waals surface area contributed by atoms with Crippen LogP contribution in [0.3, 0.4) is 0 Å². The second kappa shape index (κ2) is 7.25. The maximum absolute atomic E-state index is 10.9. The van der Waals surface area contributed by atoms with E-state index in [9.17, 15) is 4.79 Å². The van der Waals surface area contributed by atoms with Gasteiger partial charge in [-0.3, -0.25) is 10.2 Å². The standard InChI is InChI=1S/C19H20N2O4/c20-19(21)14-3-1-12(2-4-14)10-24-16-5-6-17-15(9-16)7-13(11-25-17)8-18(22)23/h1-6,9,13H,7-8,10-11H2,(H3,20,21)(H,22,23). The molecule has 1 aliphatic heterocycles. The van der Waals surface area contributed by atoms with Crippen LogP contribution in [-0.2, 0) is 17.8 Å². The van der Waals surface area contributed by atoms with E-state index >= 15 is 0 Å². The second-order valence-electron chi connectivity index (χ2n) is 6.15. The lowest BCUT2D eigenvalue weighted by Crippen LogP contribution is -2.23. The predicted octanol–water partition coefficient (Wildman–Crippen LogP) is 2.58. The molecule has 6 nitrogen and oxygen atoms in total. The van der Waals surface area contributed by atoms with Crippen molar-refractivity contribution < 1.29 is 19.4 Å². The maximum atomic E-state index is 10.9. The molecule has 2 aromatic carbocycles. The monoisotopic (exact) mass is 340 g/mol. The molecule has 0 bridgehead atoms. The molecule has 130 valence electrons. The number of nitrogens with one attached hydrogen (secondary N) is 1. The van der Waals surface area contributed by atoms with Crippen molar-refractivity contribution in [3.05, 3.63) is 59.2 Å². The van der Waals surface area contributed by atoms with Crippen molar-refractivity contribution in [1.29, 1.82) is 5.41 Å². The highest BCUT2D eigenvalue weighted by molar-refractivity contribution is 5.94. The molecule has 6 heteroatoms. The average Bonchev–Trinajstić information content (AvgIpc) is 2.59. The minimum absolute atomic E-state index is 0.0145. The molecule has 0 radical (unpaired) electrons. The van der Waals surface area contributed by atoms with Crippen LogP contribution in [-0.4, -0.2) is 23.5 Å². The number of aliphatic carboxylic acids is 1. The van der Waals surface area contributed by atoms with Gasteiger partial charge in [0.2, 0.25) is 0 Å². The number of hydrogen-bond donors (Lipinski definition) is 3. The Labute approximate surface area is 145 Å². The van der Waals surface area contributed by atoms with E-state index in [1.165, 1.54) is 0 Å². The first-order valence-electron chi connectivity index (χ1n) is 8.05.